The number of hydrogen-bond donors (Lipinski definition) is 0. The summed E-state index contributed by atoms with van der Waals surface area (Å²) in [5.74, 6) is 0.171. The van der Waals surface area contributed by atoms with Gasteiger partial charge in [-0.2, -0.15) is 0 Å². The minimum Gasteiger partial charge on any atom is -0.463 e. The first kappa shape index (κ1) is 19.5. The van der Waals surface area contributed by atoms with Crippen molar-refractivity contribution in [1.29, 1.82) is 0 Å². The molecule has 3 heteroatoms. The zero-order valence-electron chi connectivity index (χ0n) is 14.6. The Bertz CT molecular complexity index is 261. The third-order valence-electron chi connectivity index (χ3n) is 4.27. The van der Waals surface area contributed by atoms with Gasteiger partial charge < -0.3 is 9.47 Å². The second kappa shape index (κ2) is 14.0. The molecule has 0 bridgehead atoms. The van der Waals surface area contributed by atoms with Crippen molar-refractivity contribution < 1.29 is 14.3 Å². The average molecular weight is 312 g/mol. The van der Waals surface area contributed by atoms with Crippen LogP contribution in [0.2, 0.25) is 0 Å². The Morgan fingerprint density at radius 3 is 1.86 bits per heavy atom. The maximum Gasteiger partial charge on any atom is 0.309 e. The molecule has 1 rings (SSSR count). The van der Waals surface area contributed by atoms with Crippen LogP contribution in [0.3, 0.4) is 0 Å². The van der Waals surface area contributed by atoms with Gasteiger partial charge in [0.05, 0.1) is 12.5 Å². The van der Waals surface area contributed by atoms with Gasteiger partial charge in [-0.3, -0.25) is 4.79 Å². The molecule has 0 aromatic carbocycles. The summed E-state index contributed by atoms with van der Waals surface area (Å²) >= 11 is 0. The van der Waals surface area contributed by atoms with Crippen molar-refractivity contribution in [2.45, 2.75) is 90.4 Å². The van der Waals surface area contributed by atoms with Gasteiger partial charge in [-0.05, 0) is 19.3 Å². The van der Waals surface area contributed by atoms with Gasteiger partial charge in [-0.15, -0.1) is 0 Å². The molecule has 0 spiro atoms. The van der Waals surface area contributed by atoms with E-state index in [-0.39, 0.29) is 11.9 Å². The average Bonchev–Trinajstić information content (AvgIpc) is 3.36. The third-order valence-corrected chi connectivity index (χ3v) is 4.27. The zero-order valence-corrected chi connectivity index (χ0v) is 14.6. The Hall–Kier alpha value is -0.570. The monoisotopic (exact) mass is 312 g/mol. The molecule has 0 aromatic rings. The minimum absolute atomic E-state index is 0.0294. The molecule has 1 saturated carbocycles. The molecule has 0 radical (unpaired) electrons. The zero-order chi connectivity index (χ0) is 15.9. The SMILES string of the molecule is CCCCCCCCCCCCCOCCOC(=O)C1CC1. The molecule has 22 heavy (non-hydrogen) atoms. The summed E-state index contributed by atoms with van der Waals surface area (Å²) in [6.07, 6.45) is 16.9. The highest BCUT2D eigenvalue weighted by atomic mass is 16.6. The number of rotatable bonds is 16. The van der Waals surface area contributed by atoms with Crippen LogP contribution < -0.4 is 0 Å². The van der Waals surface area contributed by atoms with Crippen LogP contribution in [0, 0.1) is 5.92 Å². The predicted molar refractivity (Wildman–Crippen MR) is 91.0 cm³/mol. The van der Waals surface area contributed by atoms with E-state index in [9.17, 15) is 4.79 Å². The van der Waals surface area contributed by atoms with Crippen molar-refractivity contribution in [1.82, 2.24) is 0 Å². The van der Waals surface area contributed by atoms with Gasteiger partial charge in [0.1, 0.15) is 6.61 Å². The first-order valence-electron chi connectivity index (χ1n) is 9.59. The predicted octanol–water partition coefficient (Wildman–Crippen LogP) is 5.27. The van der Waals surface area contributed by atoms with E-state index in [4.69, 9.17) is 9.47 Å². The van der Waals surface area contributed by atoms with Gasteiger partial charge in [-0.1, -0.05) is 71.1 Å². The summed E-state index contributed by atoms with van der Waals surface area (Å²) in [5.41, 5.74) is 0. The molecular formula is C19H36O3. The van der Waals surface area contributed by atoms with E-state index in [0.717, 1.165) is 25.9 Å². The molecule has 0 saturated heterocycles. The quantitative estimate of drug-likeness (QED) is 0.288. The van der Waals surface area contributed by atoms with E-state index in [0.29, 0.717) is 13.2 Å². The van der Waals surface area contributed by atoms with E-state index >= 15 is 0 Å². The van der Waals surface area contributed by atoms with Crippen molar-refractivity contribution >= 4 is 5.97 Å². The largest absolute Gasteiger partial charge is 0.463 e. The lowest BCUT2D eigenvalue weighted by Crippen LogP contribution is -2.12. The fraction of sp³-hybridized carbons (Fsp3) is 0.947. The lowest BCUT2D eigenvalue weighted by Gasteiger charge is -2.06. The molecule has 1 aliphatic rings. The van der Waals surface area contributed by atoms with Gasteiger partial charge in [0.25, 0.3) is 0 Å². The summed E-state index contributed by atoms with van der Waals surface area (Å²) in [4.78, 5) is 11.3. The summed E-state index contributed by atoms with van der Waals surface area (Å²) in [7, 11) is 0. The number of esters is 1. The van der Waals surface area contributed by atoms with Crippen LogP contribution in [0.1, 0.15) is 90.4 Å². The second-order valence-corrected chi connectivity index (χ2v) is 6.59. The fourth-order valence-electron chi connectivity index (χ4n) is 2.61. The van der Waals surface area contributed by atoms with Gasteiger partial charge >= 0.3 is 5.97 Å². The topological polar surface area (TPSA) is 35.5 Å². The molecule has 0 amide bonds. The van der Waals surface area contributed by atoms with E-state index in [1.807, 2.05) is 0 Å². The smallest absolute Gasteiger partial charge is 0.309 e. The standard InChI is InChI=1S/C19H36O3/c1-2-3-4-5-6-7-8-9-10-11-12-15-21-16-17-22-19(20)18-13-14-18/h18H,2-17H2,1H3. The maximum absolute atomic E-state index is 11.3. The highest BCUT2D eigenvalue weighted by molar-refractivity contribution is 5.74. The van der Waals surface area contributed by atoms with Gasteiger partial charge in [0, 0.05) is 6.61 Å². The van der Waals surface area contributed by atoms with E-state index in [2.05, 4.69) is 6.92 Å². The van der Waals surface area contributed by atoms with Gasteiger partial charge in [-0.25, -0.2) is 0 Å². The molecule has 0 atom stereocenters. The molecule has 0 aliphatic heterocycles. The lowest BCUT2D eigenvalue weighted by molar-refractivity contribution is -0.146. The molecule has 130 valence electrons. The molecule has 1 fully saturated rings. The Morgan fingerprint density at radius 1 is 0.773 bits per heavy atom. The molecule has 0 heterocycles. The number of hydrogen-bond acceptors (Lipinski definition) is 3. The highest BCUT2D eigenvalue weighted by Crippen LogP contribution is 2.29. The Kier molecular flexibility index (Phi) is 12.4. The fourth-order valence-corrected chi connectivity index (χ4v) is 2.61. The Morgan fingerprint density at radius 2 is 1.32 bits per heavy atom. The van der Waals surface area contributed by atoms with Crippen molar-refractivity contribution in [3.05, 3.63) is 0 Å². The third kappa shape index (κ3) is 12.0. The van der Waals surface area contributed by atoms with Crippen LogP contribution in [0.15, 0.2) is 0 Å². The van der Waals surface area contributed by atoms with Gasteiger partial charge in [0.15, 0.2) is 0 Å². The molecule has 0 unspecified atom stereocenters. The first-order chi connectivity index (χ1) is 10.8. The van der Waals surface area contributed by atoms with Crippen molar-refractivity contribution in [3.63, 3.8) is 0 Å². The van der Waals surface area contributed by atoms with Crippen molar-refractivity contribution in [2.75, 3.05) is 19.8 Å². The number of carbonyl (C=O) groups excluding carboxylic acids is 1. The molecular weight excluding hydrogens is 276 g/mol. The van der Waals surface area contributed by atoms with Crippen LogP contribution in [0.4, 0.5) is 0 Å². The summed E-state index contributed by atoms with van der Waals surface area (Å²) in [6, 6.07) is 0. The van der Waals surface area contributed by atoms with E-state index < -0.39 is 0 Å². The lowest BCUT2D eigenvalue weighted by atomic mass is 10.1. The van der Waals surface area contributed by atoms with Crippen LogP contribution in [-0.4, -0.2) is 25.8 Å². The summed E-state index contributed by atoms with van der Waals surface area (Å²) in [6.45, 7) is 4.05. The van der Waals surface area contributed by atoms with E-state index in [1.54, 1.807) is 0 Å². The number of carbonyl (C=O) groups is 1. The molecule has 0 aromatic heterocycles. The minimum atomic E-state index is -0.0294. The Balaban J connectivity index is 1.65. The van der Waals surface area contributed by atoms with Crippen LogP contribution in [-0.2, 0) is 14.3 Å². The highest BCUT2D eigenvalue weighted by Gasteiger charge is 2.30. The number of ether oxygens (including phenoxy) is 2. The molecule has 3 nitrogen and oxygen atoms in total. The first-order valence-corrected chi connectivity index (χ1v) is 9.59. The molecule has 1 aliphatic carbocycles. The molecule has 0 N–H and O–H groups in total. The Labute approximate surface area is 137 Å². The number of unbranched alkanes of at least 4 members (excludes halogenated alkanes) is 10. The summed E-state index contributed by atoms with van der Waals surface area (Å²) in [5, 5.41) is 0. The van der Waals surface area contributed by atoms with Gasteiger partial charge in [0.2, 0.25) is 0 Å². The second-order valence-electron chi connectivity index (χ2n) is 6.59. The van der Waals surface area contributed by atoms with Crippen LogP contribution in [0.25, 0.3) is 0 Å². The van der Waals surface area contributed by atoms with Crippen LogP contribution >= 0.6 is 0 Å². The normalized spacial score (nSPS) is 14.2. The van der Waals surface area contributed by atoms with Crippen LogP contribution in [0.5, 0.6) is 0 Å². The van der Waals surface area contributed by atoms with E-state index in [1.165, 1.54) is 64.2 Å². The van der Waals surface area contributed by atoms with Crippen molar-refractivity contribution in [3.8, 4) is 0 Å². The maximum atomic E-state index is 11.3. The van der Waals surface area contributed by atoms with Crippen molar-refractivity contribution in [2.24, 2.45) is 5.92 Å². The summed E-state index contributed by atoms with van der Waals surface area (Å²) < 4.78 is 10.6.